The number of nitriles is 1. The zero-order chi connectivity index (χ0) is 14.7. The summed E-state index contributed by atoms with van der Waals surface area (Å²) < 4.78 is 0. The first-order chi connectivity index (χ1) is 10.2. The van der Waals surface area contributed by atoms with Crippen LogP contribution < -0.4 is 5.32 Å². The molecular formula is C18H23N3. The minimum atomic E-state index is -0.293. The van der Waals surface area contributed by atoms with Crippen LogP contribution in [0.4, 0.5) is 0 Å². The van der Waals surface area contributed by atoms with Gasteiger partial charge in [0.2, 0.25) is 0 Å². The molecule has 110 valence electrons. The maximum Gasteiger partial charge on any atom is 0.106 e. The van der Waals surface area contributed by atoms with Gasteiger partial charge in [-0.05, 0) is 49.7 Å². The molecule has 1 saturated carbocycles. The fraction of sp³-hybridized carbons (Fsp3) is 0.500. The van der Waals surface area contributed by atoms with E-state index in [1.165, 1.54) is 16.5 Å². The maximum atomic E-state index is 9.54. The van der Waals surface area contributed by atoms with Gasteiger partial charge in [0.15, 0.2) is 0 Å². The first-order valence-corrected chi connectivity index (χ1v) is 7.94. The van der Waals surface area contributed by atoms with Crippen LogP contribution in [0.5, 0.6) is 0 Å². The molecule has 0 unspecified atom stereocenters. The van der Waals surface area contributed by atoms with Crippen LogP contribution in [0.15, 0.2) is 30.5 Å². The molecule has 0 radical (unpaired) electrons. The highest BCUT2D eigenvalue weighted by molar-refractivity contribution is 5.83. The molecule has 1 aliphatic rings. The van der Waals surface area contributed by atoms with Gasteiger partial charge in [-0.3, -0.25) is 5.32 Å². The molecule has 3 nitrogen and oxygen atoms in total. The van der Waals surface area contributed by atoms with Crippen molar-refractivity contribution in [2.24, 2.45) is 5.92 Å². The zero-order valence-electron chi connectivity index (χ0n) is 12.7. The average molecular weight is 281 g/mol. The standard InChI is InChI=1S/C18H23N3/c1-14-6-9-18(13-19,10-7-14)21-11-8-15-12-20-17-5-3-2-4-16(15)17/h2-5,12,14,20-21H,6-11H2,1H3. The Morgan fingerprint density at radius 3 is 2.86 bits per heavy atom. The molecule has 0 spiro atoms. The summed E-state index contributed by atoms with van der Waals surface area (Å²) >= 11 is 0. The minimum Gasteiger partial charge on any atom is -0.361 e. The van der Waals surface area contributed by atoms with Crippen LogP contribution in [-0.4, -0.2) is 17.1 Å². The van der Waals surface area contributed by atoms with E-state index in [1.54, 1.807) is 0 Å². The molecule has 1 aromatic heterocycles. The van der Waals surface area contributed by atoms with E-state index in [1.807, 2.05) is 0 Å². The molecular weight excluding hydrogens is 258 g/mol. The third-order valence-electron chi connectivity index (χ3n) is 4.87. The van der Waals surface area contributed by atoms with Gasteiger partial charge in [-0.1, -0.05) is 25.1 Å². The van der Waals surface area contributed by atoms with Gasteiger partial charge in [0.1, 0.15) is 5.54 Å². The molecule has 0 saturated heterocycles. The van der Waals surface area contributed by atoms with Gasteiger partial charge < -0.3 is 4.98 Å². The Morgan fingerprint density at radius 2 is 2.10 bits per heavy atom. The third-order valence-corrected chi connectivity index (χ3v) is 4.87. The van der Waals surface area contributed by atoms with E-state index in [0.717, 1.165) is 44.6 Å². The van der Waals surface area contributed by atoms with Crippen LogP contribution in [0.3, 0.4) is 0 Å². The number of hydrogen-bond donors (Lipinski definition) is 2. The van der Waals surface area contributed by atoms with Gasteiger partial charge in [0.05, 0.1) is 6.07 Å². The lowest BCUT2D eigenvalue weighted by Gasteiger charge is -2.34. The number of rotatable bonds is 4. The van der Waals surface area contributed by atoms with E-state index in [2.05, 4.69) is 53.8 Å². The number of aromatic nitrogens is 1. The topological polar surface area (TPSA) is 51.6 Å². The van der Waals surface area contributed by atoms with E-state index in [-0.39, 0.29) is 5.54 Å². The lowest BCUT2D eigenvalue weighted by atomic mass is 9.78. The Balaban J connectivity index is 1.62. The molecule has 2 aromatic rings. The van der Waals surface area contributed by atoms with Crippen molar-refractivity contribution >= 4 is 10.9 Å². The number of aromatic amines is 1. The van der Waals surface area contributed by atoms with Crippen molar-refractivity contribution < 1.29 is 0 Å². The highest BCUT2D eigenvalue weighted by Gasteiger charge is 2.33. The van der Waals surface area contributed by atoms with Crippen LogP contribution in [0.2, 0.25) is 0 Å². The maximum absolute atomic E-state index is 9.54. The minimum absolute atomic E-state index is 0.293. The van der Waals surface area contributed by atoms with Crippen molar-refractivity contribution in [1.82, 2.24) is 10.3 Å². The van der Waals surface area contributed by atoms with E-state index >= 15 is 0 Å². The van der Waals surface area contributed by atoms with E-state index < -0.39 is 0 Å². The van der Waals surface area contributed by atoms with Crippen LogP contribution in [0, 0.1) is 17.2 Å². The molecule has 21 heavy (non-hydrogen) atoms. The third kappa shape index (κ3) is 2.96. The van der Waals surface area contributed by atoms with Gasteiger partial charge in [-0.25, -0.2) is 0 Å². The predicted octanol–water partition coefficient (Wildman–Crippen LogP) is 3.77. The number of fused-ring (bicyclic) bond motifs is 1. The summed E-state index contributed by atoms with van der Waals surface area (Å²) in [4.78, 5) is 3.31. The molecule has 0 bridgehead atoms. The molecule has 1 aromatic carbocycles. The highest BCUT2D eigenvalue weighted by Crippen LogP contribution is 2.31. The molecule has 1 fully saturated rings. The summed E-state index contributed by atoms with van der Waals surface area (Å²) in [5.74, 6) is 0.766. The molecule has 2 N–H and O–H groups in total. The summed E-state index contributed by atoms with van der Waals surface area (Å²) in [6, 6.07) is 10.9. The second kappa shape index (κ2) is 5.91. The molecule has 0 atom stereocenters. The fourth-order valence-corrected chi connectivity index (χ4v) is 3.36. The smallest absolute Gasteiger partial charge is 0.106 e. The van der Waals surface area contributed by atoms with Crippen molar-refractivity contribution in [2.45, 2.75) is 44.6 Å². The SMILES string of the molecule is CC1CCC(C#N)(NCCc2c[nH]c3ccccc23)CC1. The van der Waals surface area contributed by atoms with Crippen molar-refractivity contribution in [3.63, 3.8) is 0 Å². The zero-order valence-corrected chi connectivity index (χ0v) is 12.7. The van der Waals surface area contributed by atoms with Gasteiger partial charge in [0.25, 0.3) is 0 Å². The monoisotopic (exact) mass is 281 g/mol. The summed E-state index contributed by atoms with van der Waals surface area (Å²) in [5, 5.41) is 14.4. The highest BCUT2D eigenvalue weighted by atomic mass is 15.0. The molecule has 0 aliphatic heterocycles. The van der Waals surface area contributed by atoms with Crippen LogP contribution in [0.1, 0.15) is 38.2 Å². The van der Waals surface area contributed by atoms with Crippen LogP contribution in [-0.2, 0) is 6.42 Å². The number of hydrogen-bond acceptors (Lipinski definition) is 2. The van der Waals surface area contributed by atoms with Crippen molar-refractivity contribution in [3.05, 3.63) is 36.0 Å². The Morgan fingerprint density at radius 1 is 1.33 bits per heavy atom. The molecule has 3 heteroatoms. The van der Waals surface area contributed by atoms with E-state index in [4.69, 9.17) is 0 Å². The summed E-state index contributed by atoms with van der Waals surface area (Å²) in [7, 11) is 0. The van der Waals surface area contributed by atoms with E-state index in [9.17, 15) is 5.26 Å². The quantitative estimate of drug-likeness (QED) is 0.896. The Hall–Kier alpha value is -1.79. The summed E-state index contributed by atoms with van der Waals surface area (Å²) in [5.41, 5.74) is 2.22. The van der Waals surface area contributed by atoms with Gasteiger partial charge in [0, 0.05) is 23.6 Å². The fourth-order valence-electron chi connectivity index (χ4n) is 3.36. The first-order valence-electron chi connectivity index (χ1n) is 7.94. The van der Waals surface area contributed by atoms with Crippen LogP contribution >= 0.6 is 0 Å². The van der Waals surface area contributed by atoms with Crippen molar-refractivity contribution in [1.29, 1.82) is 5.26 Å². The Labute approximate surface area is 126 Å². The number of H-pyrrole nitrogens is 1. The van der Waals surface area contributed by atoms with Crippen molar-refractivity contribution in [3.8, 4) is 6.07 Å². The number of nitrogens with one attached hydrogen (secondary N) is 2. The Kier molecular flexibility index (Phi) is 3.98. The Bertz CT molecular complexity index is 642. The summed E-state index contributed by atoms with van der Waals surface area (Å²) in [6.07, 6.45) is 7.34. The molecule has 3 rings (SSSR count). The molecule has 1 heterocycles. The van der Waals surface area contributed by atoms with Gasteiger partial charge in [-0.2, -0.15) is 5.26 Å². The summed E-state index contributed by atoms with van der Waals surface area (Å²) in [6.45, 7) is 3.15. The van der Waals surface area contributed by atoms with Crippen molar-refractivity contribution in [2.75, 3.05) is 6.54 Å². The van der Waals surface area contributed by atoms with E-state index in [0.29, 0.717) is 0 Å². The molecule has 1 aliphatic carbocycles. The van der Waals surface area contributed by atoms with Crippen LogP contribution in [0.25, 0.3) is 10.9 Å². The molecule has 0 amide bonds. The lowest BCUT2D eigenvalue weighted by Crippen LogP contribution is -2.47. The number of nitrogens with zero attached hydrogens (tertiary/aromatic N) is 1. The largest absolute Gasteiger partial charge is 0.361 e. The van der Waals surface area contributed by atoms with Gasteiger partial charge in [-0.15, -0.1) is 0 Å². The first kappa shape index (κ1) is 14.2. The second-order valence-corrected chi connectivity index (χ2v) is 6.41. The average Bonchev–Trinajstić information content (AvgIpc) is 2.93. The normalized spacial score (nSPS) is 25.8. The van der Waals surface area contributed by atoms with Gasteiger partial charge >= 0.3 is 0 Å². The lowest BCUT2D eigenvalue weighted by molar-refractivity contribution is 0.250. The predicted molar refractivity (Wildman–Crippen MR) is 86.0 cm³/mol. The number of para-hydroxylation sites is 1. The number of benzene rings is 1. The second-order valence-electron chi connectivity index (χ2n) is 6.41.